The van der Waals surface area contributed by atoms with E-state index in [9.17, 15) is 0 Å². The molecule has 3 nitrogen and oxygen atoms in total. The van der Waals surface area contributed by atoms with Gasteiger partial charge < -0.3 is 9.64 Å². The Kier molecular flexibility index (Phi) is 3.82. The normalized spacial score (nSPS) is 17.4. The number of nitrogens with zero attached hydrogens (tertiary/aromatic N) is 2. The van der Waals surface area contributed by atoms with Crippen LogP contribution in [0.4, 0.5) is 5.82 Å². The van der Waals surface area contributed by atoms with Gasteiger partial charge in [-0.2, -0.15) is 0 Å². The monoisotopic (exact) mass is 284 g/mol. The third-order valence-corrected chi connectivity index (χ3v) is 3.94. The zero-order chi connectivity index (χ0) is 11.5. The molecular formula is C12H17BrN2O. The zero-order valence-electron chi connectivity index (χ0n) is 9.74. The van der Waals surface area contributed by atoms with Crippen LogP contribution in [0.5, 0.6) is 0 Å². The van der Waals surface area contributed by atoms with E-state index in [2.05, 4.69) is 45.0 Å². The van der Waals surface area contributed by atoms with E-state index < -0.39 is 0 Å². The Morgan fingerprint density at radius 1 is 1.38 bits per heavy atom. The quantitative estimate of drug-likeness (QED) is 0.835. The van der Waals surface area contributed by atoms with Crippen molar-refractivity contribution >= 4 is 21.7 Å². The van der Waals surface area contributed by atoms with Crippen molar-refractivity contribution in [1.82, 2.24) is 4.98 Å². The summed E-state index contributed by atoms with van der Waals surface area (Å²) in [7, 11) is 2.12. The molecule has 0 atom stereocenters. The Bertz CT molecular complexity index is 364. The second kappa shape index (κ2) is 5.15. The van der Waals surface area contributed by atoms with Crippen LogP contribution in [0.2, 0.25) is 0 Å². The van der Waals surface area contributed by atoms with Gasteiger partial charge in [0.1, 0.15) is 5.82 Å². The summed E-state index contributed by atoms with van der Waals surface area (Å²) in [5.41, 5.74) is 1.04. The molecular weight excluding hydrogens is 268 g/mol. The van der Waals surface area contributed by atoms with Gasteiger partial charge >= 0.3 is 0 Å². The van der Waals surface area contributed by atoms with Gasteiger partial charge in [0.15, 0.2) is 0 Å². The second-order valence-corrected chi connectivity index (χ2v) is 5.05. The minimum atomic E-state index is 0.557. The molecule has 16 heavy (non-hydrogen) atoms. The highest BCUT2D eigenvalue weighted by Crippen LogP contribution is 2.22. The van der Waals surface area contributed by atoms with Crippen LogP contribution >= 0.6 is 15.9 Å². The van der Waals surface area contributed by atoms with Crippen molar-refractivity contribution in [3.63, 3.8) is 0 Å². The van der Waals surface area contributed by atoms with Crippen LogP contribution < -0.4 is 4.90 Å². The predicted octanol–water partition coefficient (Wildman–Crippen LogP) is 2.77. The fourth-order valence-corrected chi connectivity index (χ4v) is 2.21. The molecule has 0 amide bonds. The van der Waals surface area contributed by atoms with Crippen molar-refractivity contribution in [1.29, 1.82) is 0 Å². The summed E-state index contributed by atoms with van der Waals surface area (Å²) in [6, 6.07) is 4.68. The van der Waals surface area contributed by atoms with Gasteiger partial charge in [0, 0.05) is 30.8 Å². The predicted molar refractivity (Wildman–Crippen MR) is 68.9 cm³/mol. The number of hydrogen-bond donors (Lipinski definition) is 0. The van der Waals surface area contributed by atoms with E-state index in [-0.39, 0.29) is 0 Å². The number of pyridine rings is 1. The first-order chi connectivity index (χ1) is 7.68. The zero-order valence-corrected chi connectivity index (χ0v) is 11.3. The Balaban J connectivity index is 2.12. The number of rotatable bonds is 2. The van der Waals surface area contributed by atoms with E-state index in [4.69, 9.17) is 4.74 Å². The Morgan fingerprint density at radius 3 is 2.69 bits per heavy atom. The molecule has 2 heterocycles. The molecule has 1 aromatic heterocycles. The van der Waals surface area contributed by atoms with Gasteiger partial charge in [-0.3, -0.25) is 0 Å². The van der Waals surface area contributed by atoms with Crippen LogP contribution in [-0.2, 0) is 4.74 Å². The number of halogens is 1. The first kappa shape index (κ1) is 11.9. The molecule has 0 unspecified atom stereocenters. The number of hydrogen-bond acceptors (Lipinski definition) is 3. The lowest BCUT2D eigenvalue weighted by Crippen LogP contribution is -2.37. The molecule has 0 spiro atoms. The van der Waals surface area contributed by atoms with E-state index in [0.29, 0.717) is 6.04 Å². The van der Waals surface area contributed by atoms with Gasteiger partial charge in [0.25, 0.3) is 0 Å². The van der Waals surface area contributed by atoms with Crippen molar-refractivity contribution in [2.45, 2.75) is 25.8 Å². The average molecular weight is 285 g/mol. The molecule has 1 aromatic rings. The molecule has 1 fully saturated rings. The van der Waals surface area contributed by atoms with E-state index in [0.717, 1.165) is 42.0 Å². The second-order valence-electron chi connectivity index (χ2n) is 4.19. The van der Waals surface area contributed by atoms with Gasteiger partial charge in [0.2, 0.25) is 0 Å². The highest BCUT2D eigenvalue weighted by molar-refractivity contribution is 9.10. The highest BCUT2D eigenvalue weighted by Gasteiger charge is 2.19. The third kappa shape index (κ3) is 2.55. The van der Waals surface area contributed by atoms with Gasteiger partial charge in [0.05, 0.1) is 5.69 Å². The SMILES string of the molecule is Cc1nc(N(C)C2CCOCC2)ccc1Br. The van der Waals surface area contributed by atoms with Crippen LogP contribution in [-0.4, -0.2) is 31.3 Å². The topological polar surface area (TPSA) is 25.4 Å². The van der Waals surface area contributed by atoms with Crippen molar-refractivity contribution in [2.24, 2.45) is 0 Å². The summed E-state index contributed by atoms with van der Waals surface area (Å²) in [5, 5.41) is 0. The summed E-state index contributed by atoms with van der Waals surface area (Å²) in [6.07, 6.45) is 2.18. The Morgan fingerprint density at radius 2 is 2.06 bits per heavy atom. The van der Waals surface area contributed by atoms with Crippen molar-refractivity contribution in [3.8, 4) is 0 Å². The van der Waals surface area contributed by atoms with Gasteiger partial charge in [-0.25, -0.2) is 4.98 Å². The van der Waals surface area contributed by atoms with E-state index in [1.54, 1.807) is 0 Å². The number of aromatic nitrogens is 1. The molecule has 0 N–H and O–H groups in total. The maximum absolute atomic E-state index is 5.37. The first-order valence-electron chi connectivity index (χ1n) is 5.62. The largest absolute Gasteiger partial charge is 0.381 e. The minimum absolute atomic E-state index is 0.557. The number of aryl methyl sites for hydroxylation is 1. The van der Waals surface area contributed by atoms with E-state index in [1.165, 1.54) is 0 Å². The molecule has 4 heteroatoms. The maximum Gasteiger partial charge on any atom is 0.128 e. The summed E-state index contributed by atoms with van der Waals surface area (Å²) in [5.74, 6) is 1.05. The molecule has 1 aliphatic heterocycles. The first-order valence-corrected chi connectivity index (χ1v) is 6.41. The van der Waals surface area contributed by atoms with Crippen molar-refractivity contribution < 1.29 is 4.74 Å². The summed E-state index contributed by atoms with van der Waals surface area (Å²) in [4.78, 5) is 6.85. The lowest BCUT2D eigenvalue weighted by atomic mass is 10.1. The fraction of sp³-hybridized carbons (Fsp3) is 0.583. The van der Waals surface area contributed by atoms with Crippen LogP contribution in [0.1, 0.15) is 18.5 Å². The third-order valence-electron chi connectivity index (χ3n) is 3.11. The van der Waals surface area contributed by atoms with Crippen molar-refractivity contribution in [2.75, 3.05) is 25.2 Å². The molecule has 0 radical (unpaired) electrons. The number of ether oxygens (including phenoxy) is 1. The molecule has 2 rings (SSSR count). The maximum atomic E-state index is 5.37. The molecule has 0 bridgehead atoms. The fourth-order valence-electron chi connectivity index (χ4n) is 1.99. The standard InChI is InChI=1S/C12H17BrN2O/c1-9-11(13)3-4-12(14-9)15(2)10-5-7-16-8-6-10/h3-4,10H,5-8H2,1-2H3. The smallest absolute Gasteiger partial charge is 0.128 e. The van der Waals surface area contributed by atoms with Crippen molar-refractivity contribution in [3.05, 3.63) is 22.3 Å². The molecule has 88 valence electrons. The minimum Gasteiger partial charge on any atom is -0.381 e. The average Bonchev–Trinajstić information content (AvgIpc) is 2.33. The Hall–Kier alpha value is -0.610. The van der Waals surface area contributed by atoms with Gasteiger partial charge in [-0.1, -0.05) is 0 Å². The number of anilines is 1. The van der Waals surface area contributed by atoms with Gasteiger partial charge in [-0.15, -0.1) is 0 Å². The van der Waals surface area contributed by atoms with Crippen LogP contribution in [0.3, 0.4) is 0 Å². The Labute approximate surface area is 105 Å². The van der Waals surface area contributed by atoms with E-state index >= 15 is 0 Å². The lowest BCUT2D eigenvalue weighted by Gasteiger charge is -2.32. The summed E-state index contributed by atoms with van der Waals surface area (Å²) >= 11 is 3.47. The molecule has 0 aliphatic carbocycles. The molecule has 1 aliphatic rings. The molecule has 0 saturated carbocycles. The van der Waals surface area contributed by atoms with Crippen LogP contribution in [0, 0.1) is 6.92 Å². The van der Waals surface area contributed by atoms with Crippen LogP contribution in [0.15, 0.2) is 16.6 Å². The molecule has 1 saturated heterocycles. The summed E-state index contributed by atoms with van der Waals surface area (Å²) < 4.78 is 6.44. The van der Waals surface area contributed by atoms with E-state index in [1.807, 2.05) is 6.92 Å². The lowest BCUT2D eigenvalue weighted by molar-refractivity contribution is 0.0853. The highest BCUT2D eigenvalue weighted by atomic mass is 79.9. The molecule has 0 aromatic carbocycles. The summed E-state index contributed by atoms with van der Waals surface area (Å²) in [6.45, 7) is 3.75. The van der Waals surface area contributed by atoms with Gasteiger partial charge in [-0.05, 0) is 47.8 Å². The van der Waals surface area contributed by atoms with Crippen LogP contribution in [0.25, 0.3) is 0 Å².